The van der Waals surface area contributed by atoms with Gasteiger partial charge in [0, 0.05) is 43.7 Å². The lowest BCUT2D eigenvalue weighted by molar-refractivity contribution is -0.0424. The van der Waals surface area contributed by atoms with E-state index in [2.05, 4.69) is 30.3 Å². The number of aliphatic hydroxyl groups excluding tert-OH is 2. The van der Waals surface area contributed by atoms with Gasteiger partial charge < -0.3 is 36.3 Å². The van der Waals surface area contributed by atoms with Gasteiger partial charge in [-0.3, -0.25) is 9.11 Å². The average molecular weight is 462 g/mol. The summed E-state index contributed by atoms with van der Waals surface area (Å²) in [5.74, 6) is 1.06. The van der Waals surface area contributed by atoms with E-state index in [9.17, 15) is 19.3 Å². The number of nitrogens with zero attached hydrogens (tertiary/aromatic N) is 4. The molecule has 1 aromatic carbocycles. The first kappa shape index (κ1) is 26.7. The van der Waals surface area contributed by atoms with E-state index >= 15 is 0 Å². The van der Waals surface area contributed by atoms with Gasteiger partial charge in [0.15, 0.2) is 6.29 Å². The van der Waals surface area contributed by atoms with Crippen LogP contribution in [0, 0.1) is 0 Å². The topological polar surface area (TPSA) is 211 Å². The van der Waals surface area contributed by atoms with Gasteiger partial charge in [-0.15, -0.1) is 10.8 Å². The third-order valence-corrected chi connectivity index (χ3v) is 5.48. The molecule has 1 heterocycles. The summed E-state index contributed by atoms with van der Waals surface area (Å²) in [4.78, 5) is 14.7. The highest BCUT2D eigenvalue weighted by Crippen LogP contribution is 2.31. The van der Waals surface area contributed by atoms with Gasteiger partial charge in [0.05, 0.1) is 6.61 Å². The van der Waals surface area contributed by atoms with Crippen LogP contribution in [0.15, 0.2) is 24.3 Å². The summed E-state index contributed by atoms with van der Waals surface area (Å²) in [5, 5.41) is 33.3. The lowest BCUT2D eigenvalue weighted by Gasteiger charge is -2.32. The number of aromatic nitrogens is 3. The predicted molar refractivity (Wildman–Crippen MR) is 121 cm³/mol. The molecule has 14 heteroatoms. The normalized spacial score (nSPS) is 11.7. The van der Waals surface area contributed by atoms with Crippen molar-refractivity contribution in [3.05, 3.63) is 29.8 Å². The maximum Gasteiger partial charge on any atom is 0.233 e. The van der Waals surface area contributed by atoms with E-state index in [4.69, 9.17) is 5.11 Å². The Bertz CT molecular complexity index is 797. The molecule has 0 aliphatic rings. The summed E-state index contributed by atoms with van der Waals surface area (Å²) in [6.45, 7) is 2.56. The van der Waals surface area contributed by atoms with Crippen LogP contribution in [0.2, 0.25) is 0 Å². The number of nitrogens with one attached hydrogen (secondary N) is 3. The van der Waals surface area contributed by atoms with Crippen molar-refractivity contribution < 1.29 is 29.9 Å². The van der Waals surface area contributed by atoms with Gasteiger partial charge in [-0.05, 0) is 19.1 Å². The molecule has 0 bridgehead atoms. The first-order chi connectivity index (χ1) is 14.2. The molecule has 10 N–H and O–H groups in total. The van der Waals surface area contributed by atoms with Crippen molar-refractivity contribution in [1.29, 1.82) is 0 Å². The maximum absolute atomic E-state index is 9.70. The Labute approximate surface area is 182 Å². The standard InChI is InChI=1S/C17H29N7O5S.H2O/c1-3-30(28,29)19-8-10-24(2)17-22-15(18-9-11-25)21-16(23-17)20-13-6-4-12(5-7-13)14(26)27;/h4-7,14,19,25-29H,3,8-11H2,1-2H3,(H2,18,20,21,22,23);1H2. The molecule has 0 radical (unpaired) electrons. The van der Waals surface area contributed by atoms with Crippen molar-refractivity contribution in [3.8, 4) is 0 Å². The molecule has 0 unspecified atom stereocenters. The third-order valence-electron chi connectivity index (χ3n) is 4.01. The fourth-order valence-electron chi connectivity index (χ4n) is 2.28. The second kappa shape index (κ2) is 12.5. The first-order valence-corrected chi connectivity index (χ1v) is 11.0. The van der Waals surface area contributed by atoms with Gasteiger partial charge in [-0.1, -0.05) is 12.1 Å². The smallest absolute Gasteiger partial charge is 0.233 e. The number of hydrogen-bond donors (Lipinski definition) is 8. The molecule has 0 saturated carbocycles. The highest BCUT2D eigenvalue weighted by atomic mass is 32.3. The van der Waals surface area contributed by atoms with Gasteiger partial charge in [-0.2, -0.15) is 15.0 Å². The number of aliphatic hydroxyl groups is 3. The molecule has 0 saturated heterocycles. The number of likely N-dealkylation sites (N-methyl/N-ethyl adjacent to an activating group) is 1. The fourth-order valence-corrected chi connectivity index (χ4v) is 2.91. The average Bonchev–Trinajstić information content (AvgIpc) is 2.72. The molecule has 2 rings (SSSR count). The van der Waals surface area contributed by atoms with E-state index in [-0.39, 0.29) is 36.3 Å². The summed E-state index contributed by atoms with van der Waals surface area (Å²) < 4.78 is 22.1. The molecule has 0 spiro atoms. The second-order valence-electron chi connectivity index (χ2n) is 6.33. The summed E-state index contributed by atoms with van der Waals surface area (Å²) in [6.07, 6.45) is -1.55. The molecular weight excluding hydrogens is 430 g/mol. The Hall–Kier alpha value is -2.30. The minimum Gasteiger partial charge on any atom is -0.412 e. The molecule has 1 aromatic heterocycles. The molecule has 2 aromatic rings. The summed E-state index contributed by atoms with van der Waals surface area (Å²) >= 11 is 0. The van der Waals surface area contributed by atoms with Crippen molar-refractivity contribution >= 4 is 34.3 Å². The lowest BCUT2D eigenvalue weighted by Crippen LogP contribution is -2.32. The monoisotopic (exact) mass is 461 g/mol. The zero-order valence-corrected chi connectivity index (χ0v) is 18.2. The van der Waals surface area contributed by atoms with Gasteiger partial charge in [0.2, 0.25) is 17.8 Å². The summed E-state index contributed by atoms with van der Waals surface area (Å²) in [7, 11) is -1.04. The first-order valence-electron chi connectivity index (χ1n) is 9.29. The van der Waals surface area contributed by atoms with Crippen LogP contribution in [0.4, 0.5) is 23.5 Å². The van der Waals surface area contributed by atoms with Crippen LogP contribution in [0.3, 0.4) is 0 Å². The number of hydrogen-bond acceptors (Lipinski definition) is 12. The third kappa shape index (κ3) is 8.76. The number of rotatable bonds is 12. The Kier molecular flexibility index (Phi) is 10.8. The van der Waals surface area contributed by atoms with Crippen molar-refractivity contribution in [2.45, 2.75) is 13.2 Å². The van der Waals surface area contributed by atoms with Crippen LogP contribution in [-0.4, -0.2) is 83.9 Å². The van der Waals surface area contributed by atoms with Crippen molar-refractivity contribution in [2.75, 3.05) is 54.6 Å². The molecular formula is C17H31N7O6S. The van der Waals surface area contributed by atoms with Crippen LogP contribution in [0.5, 0.6) is 0 Å². The molecule has 0 atom stereocenters. The molecule has 0 aliphatic heterocycles. The highest BCUT2D eigenvalue weighted by Gasteiger charge is 2.13. The van der Waals surface area contributed by atoms with E-state index < -0.39 is 17.1 Å². The van der Waals surface area contributed by atoms with Gasteiger partial charge >= 0.3 is 0 Å². The van der Waals surface area contributed by atoms with E-state index in [1.165, 1.54) is 0 Å². The Balaban J connectivity index is 0.00000480. The number of anilines is 4. The quantitative estimate of drug-likeness (QED) is 0.195. The SMILES string of the molecule is CCS(O)(O)NCCN(C)c1nc(NCCO)nc(Nc2ccc(C(O)O)cc2)n1.O. The van der Waals surface area contributed by atoms with Gasteiger partial charge in [-0.25, -0.2) is 4.72 Å². The highest BCUT2D eigenvalue weighted by molar-refractivity contribution is 8.22. The summed E-state index contributed by atoms with van der Waals surface area (Å²) in [5.41, 5.74) is 0.985. The number of benzene rings is 1. The van der Waals surface area contributed by atoms with Crippen LogP contribution < -0.4 is 20.3 Å². The van der Waals surface area contributed by atoms with Crippen LogP contribution in [-0.2, 0) is 0 Å². The molecule has 31 heavy (non-hydrogen) atoms. The molecule has 0 amide bonds. The Morgan fingerprint density at radius 2 is 1.68 bits per heavy atom. The van der Waals surface area contributed by atoms with E-state index in [1.807, 2.05) is 0 Å². The molecule has 13 nitrogen and oxygen atoms in total. The molecule has 0 aliphatic carbocycles. The largest absolute Gasteiger partial charge is 0.412 e. The van der Waals surface area contributed by atoms with Crippen LogP contribution in [0.25, 0.3) is 0 Å². The van der Waals surface area contributed by atoms with Crippen molar-refractivity contribution in [1.82, 2.24) is 19.7 Å². The zero-order chi connectivity index (χ0) is 22.1. The van der Waals surface area contributed by atoms with E-state index in [0.717, 1.165) is 0 Å². The minimum absolute atomic E-state index is 0. The molecule has 0 fully saturated rings. The van der Waals surface area contributed by atoms with Gasteiger partial charge in [0.1, 0.15) is 0 Å². The van der Waals surface area contributed by atoms with Crippen molar-refractivity contribution in [2.24, 2.45) is 0 Å². The predicted octanol–water partition coefficient (Wildman–Crippen LogP) is -0.111. The fraction of sp³-hybridized carbons (Fsp3) is 0.471. The Morgan fingerprint density at radius 3 is 2.26 bits per heavy atom. The van der Waals surface area contributed by atoms with Crippen LogP contribution in [0.1, 0.15) is 18.8 Å². The van der Waals surface area contributed by atoms with E-state index in [1.54, 1.807) is 43.1 Å². The van der Waals surface area contributed by atoms with Crippen LogP contribution >= 0.6 is 10.8 Å². The maximum atomic E-state index is 9.70. The van der Waals surface area contributed by atoms with Crippen molar-refractivity contribution in [3.63, 3.8) is 0 Å². The summed E-state index contributed by atoms with van der Waals surface area (Å²) in [6, 6.07) is 6.43. The Morgan fingerprint density at radius 1 is 1.03 bits per heavy atom. The molecule has 176 valence electrons. The second-order valence-corrected chi connectivity index (χ2v) is 8.52. The minimum atomic E-state index is -2.79. The van der Waals surface area contributed by atoms with Gasteiger partial charge in [0.25, 0.3) is 0 Å². The van der Waals surface area contributed by atoms with E-state index in [0.29, 0.717) is 30.3 Å². The zero-order valence-electron chi connectivity index (χ0n) is 17.4. The lowest BCUT2D eigenvalue weighted by atomic mass is 10.2.